The van der Waals surface area contributed by atoms with Crippen LogP contribution >= 0.6 is 0 Å². The van der Waals surface area contributed by atoms with E-state index in [1.165, 1.54) is 0 Å². The van der Waals surface area contributed by atoms with Crippen molar-refractivity contribution in [2.24, 2.45) is 5.41 Å². The molecule has 2 aliphatic heterocycles. The number of piperidine rings is 1. The summed E-state index contributed by atoms with van der Waals surface area (Å²) in [4.78, 5) is 30.5. The highest BCUT2D eigenvalue weighted by Crippen LogP contribution is 2.59. The molecule has 1 atom stereocenters. The van der Waals surface area contributed by atoms with Gasteiger partial charge in [0.05, 0.1) is 23.6 Å². The van der Waals surface area contributed by atoms with Crippen LogP contribution in [0.25, 0.3) is 0 Å². The van der Waals surface area contributed by atoms with Crippen molar-refractivity contribution in [1.29, 1.82) is 0 Å². The van der Waals surface area contributed by atoms with E-state index in [4.69, 9.17) is 4.74 Å². The van der Waals surface area contributed by atoms with Crippen molar-refractivity contribution in [3.63, 3.8) is 0 Å². The number of hydrogen-bond donors (Lipinski definition) is 0. The van der Waals surface area contributed by atoms with E-state index in [0.717, 1.165) is 16.7 Å². The van der Waals surface area contributed by atoms with Gasteiger partial charge in [0.25, 0.3) is 0 Å². The lowest BCUT2D eigenvalue weighted by Gasteiger charge is -2.61. The van der Waals surface area contributed by atoms with Crippen molar-refractivity contribution < 1.29 is 14.3 Å². The fourth-order valence-corrected chi connectivity index (χ4v) is 5.71. The predicted octanol–water partition coefficient (Wildman–Crippen LogP) is 5.99. The Hall–Kier alpha value is -3.60. The molecule has 2 aliphatic rings. The average Bonchev–Trinajstić information content (AvgIpc) is 2.90. The lowest BCUT2D eigenvalue weighted by Crippen LogP contribution is -2.67. The van der Waals surface area contributed by atoms with Crippen molar-refractivity contribution in [3.05, 3.63) is 108 Å². The summed E-state index contributed by atoms with van der Waals surface area (Å²) in [6.07, 6.45) is 0.812. The largest absolute Gasteiger partial charge is 0.447 e. The molecule has 3 aromatic rings. The van der Waals surface area contributed by atoms with Gasteiger partial charge in [-0.3, -0.25) is 4.79 Å². The van der Waals surface area contributed by atoms with Crippen molar-refractivity contribution in [2.45, 2.75) is 44.9 Å². The van der Waals surface area contributed by atoms with Gasteiger partial charge in [-0.1, -0.05) is 91.0 Å². The molecule has 2 amide bonds. The number of ether oxygens (including phenoxy) is 1. The van der Waals surface area contributed by atoms with Crippen LogP contribution in [-0.2, 0) is 9.53 Å². The van der Waals surface area contributed by atoms with Gasteiger partial charge in [-0.25, -0.2) is 4.79 Å². The van der Waals surface area contributed by atoms with Crippen LogP contribution in [0.1, 0.15) is 55.5 Å². The predicted molar refractivity (Wildman–Crippen MR) is 136 cm³/mol. The molecule has 1 unspecified atom stereocenters. The summed E-state index contributed by atoms with van der Waals surface area (Å²) < 4.78 is 5.41. The summed E-state index contributed by atoms with van der Waals surface area (Å²) in [5.41, 5.74) is 2.82. The molecule has 0 N–H and O–H groups in total. The van der Waals surface area contributed by atoms with E-state index >= 15 is 0 Å². The third-order valence-corrected chi connectivity index (χ3v) is 7.34. The minimum absolute atomic E-state index is 0.0649. The molecule has 0 aliphatic carbocycles. The molecule has 5 heteroatoms. The molecule has 2 heterocycles. The minimum atomic E-state index is -0.516. The number of hydrogen-bond acceptors (Lipinski definition) is 3. The topological polar surface area (TPSA) is 49.9 Å². The first kappa shape index (κ1) is 23.2. The molecule has 5 nitrogen and oxygen atoms in total. The zero-order chi connectivity index (χ0) is 24.4. The quantitative estimate of drug-likeness (QED) is 0.433. The van der Waals surface area contributed by atoms with Crippen molar-refractivity contribution >= 4 is 12.0 Å². The summed E-state index contributed by atoms with van der Waals surface area (Å²) in [5, 5.41) is 0. The van der Waals surface area contributed by atoms with Gasteiger partial charge in [0.2, 0.25) is 5.91 Å². The Bertz CT molecular complexity index is 1120. The number of rotatable bonds is 5. The lowest BCUT2D eigenvalue weighted by molar-refractivity contribution is -0.184. The number of benzene rings is 3. The van der Waals surface area contributed by atoms with Crippen LogP contribution in [0.5, 0.6) is 0 Å². The molecule has 3 aromatic carbocycles. The van der Waals surface area contributed by atoms with Gasteiger partial charge in [0.1, 0.15) is 0 Å². The Labute approximate surface area is 207 Å². The maximum absolute atomic E-state index is 14.2. The molecule has 5 rings (SSSR count). The normalized spacial score (nSPS) is 19.2. The van der Waals surface area contributed by atoms with E-state index in [9.17, 15) is 9.59 Å². The fraction of sp³-hybridized carbons (Fsp3) is 0.333. The van der Waals surface area contributed by atoms with Crippen LogP contribution in [-0.4, -0.2) is 41.0 Å². The summed E-state index contributed by atoms with van der Waals surface area (Å²) in [6.45, 7) is 4.76. The summed E-state index contributed by atoms with van der Waals surface area (Å²) in [7, 11) is 0. The molecule has 180 valence electrons. The van der Waals surface area contributed by atoms with Gasteiger partial charge in [0, 0.05) is 13.1 Å². The molecule has 0 bridgehead atoms. The van der Waals surface area contributed by atoms with Crippen LogP contribution in [0, 0.1) is 5.41 Å². The number of amides is 2. The Balaban J connectivity index is 1.51. The zero-order valence-electron chi connectivity index (χ0n) is 20.3. The lowest BCUT2D eigenvalue weighted by atomic mass is 9.61. The Morgan fingerprint density at radius 3 is 1.80 bits per heavy atom. The monoisotopic (exact) mass is 468 g/mol. The molecule has 2 fully saturated rings. The molecular formula is C30H32N2O3. The standard InChI is InChI=1S/C30H32N2O3/c1-22(2)35-29(34)31-20-18-30(19-21-31)27(25-16-10-5-11-17-25)32(28(30)33)26(23-12-6-3-7-13-23)24-14-8-4-9-15-24/h3-17,22,26-27H,18-21H2,1-2H3. The zero-order valence-corrected chi connectivity index (χ0v) is 20.3. The Morgan fingerprint density at radius 1 is 0.829 bits per heavy atom. The highest BCUT2D eigenvalue weighted by Gasteiger charge is 2.63. The second-order valence-corrected chi connectivity index (χ2v) is 9.83. The smallest absolute Gasteiger partial charge is 0.410 e. The molecule has 2 saturated heterocycles. The summed E-state index contributed by atoms with van der Waals surface area (Å²) >= 11 is 0. The minimum Gasteiger partial charge on any atom is -0.447 e. The number of nitrogens with zero attached hydrogens (tertiary/aromatic N) is 2. The average molecular weight is 469 g/mol. The summed E-state index contributed by atoms with van der Waals surface area (Å²) in [6, 6.07) is 30.6. The number of carbonyl (C=O) groups is 2. The van der Waals surface area contributed by atoms with Gasteiger partial charge < -0.3 is 14.5 Å². The first-order valence-corrected chi connectivity index (χ1v) is 12.4. The molecular weight excluding hydrogens is 436 g/mol. The molecule has 0 saturated carbocycles. The molecule has 35 heavy (non-hydrogen) atoms. The second kappa shape index (κ2) is 9.57. The molecule has 1 spiro atoms. The third-order valence-electron chi connectivity index (χ3n) is 7.34. The highest BCUT2D eigenvalue weighted by atomic mass is 16.6. The van der Waals surface area contributed by atoms with E-state index in [1.807, 2.05) is 68.4 Å². The number of likely N-dealkylation sites (tertiary alicyclic amines) is 2. The molecule has 0 aromatic heterocycles. The summed E-state index contributed by atoms with van der Waals surface area (Å²) in [5.74, 6) is 0.168. The SMILES string of the molecule is CC(C)OC(=O)N1CCC2(CC1)C(=O)N(C(c1ccccc1)c1ccccc1)C2c1ccccc1. The van der Waals surface area contributed by atoms with E-state index in [2.05, 4.69) is 41.3 Å². The first-order chi connectivity index (χ1) is 17.0. The van der Waals surface area contributed by atoms with E-state index < -0.39 is 5.41 Å². The Morgan fingerprint density at radius 2 is 1.31 bits per heavy atom. The van der Waals surface area contributed by atoms with E-state index in [1.54, 1.807) is 4.90 Å². The highest BCUT2D eigenvalue weighted by molar-refractivity contribution is 5.92. The fourth-order valence-electron chi connectivity index (χ4n) is 5.71. The first-order valence-electron chi connectivity index (χ1n) is 12.4. The van der Waals surface area contributed by atoms with Crippen LogP contribution in [0.3, 0.4) is 0 Å². The van der Waals surface area contributed by atoms with E-state index in [0.29, 0.717) is 25.9 Å². The van der Waals surface area contributed by atoms with E-state index in [-0.39, 0.29) is 30.2 Å². The van der Waals surface area contributed by atoms with Crippen molar-refractivity contribution in [2.75, 3.05) is 13.1 Å². The maximum atomic E-state index is 14.2. The maximum Gasteiger partial charge on any atom is 0.410 e. The number of β-lactam (4-membered cyclic amide) rings is 1. The van der Waals surface area contributed by atoms with Crippen LogP contribution in [0.2, 0.25) is 0 Å². The van der Waals surface area contributed by atoms with Crippen LogP contribution < -0.4 is 0 Å². The van der Waals surface area contributed by atoms with Crippen molar-refractivity contribution in [1.82, 2.24) is 9.80 Å². The van der Waals surface area contributed by atoms with Gasteiger partial charge in [0.15, 0.2) is 0 Å². The molecule has 0 radical (unpaired) electrons. The number of carbonyl (C=O) groups excluding carboxylic acids is 2. The second-order valence-electron chi connectivity index (χ2n) is 9.83. The van der Waals surface area contributed by atoms with Crippen LogP contribution in [0.15, 0.2) is 91.0 Å². The van der Waals surface area contributed by atoms with Gasteiger partial charge in [-0.2, -0.15) is 0 Å². The Kier molecular flexibility index (Phi) is 6.33. The van der Waals surface area contributed by atoms with Crippen molar-refractivity contribution in [3.8, 4) is 0 Å². The van der Waals surface area contributed by atoms with Gasteiger partial charge in [-0.15, -0.1) is 0 Å². The van der Waals surface area contributed by atoms with Gasteiger partial charge in [-0.05, 0) is 43.4 Å². The third kappa shape index (κ3) is 4.20. The van der Waals surface area contributed by atoms with Crippen LogP contribution in [0.4, 0.5) is 4.79 Å². The van der Waals surface area contributed by atoms with Gasteiger partial charge >= 0.3 is 6.09 Å².